The topological polar surface area (TPSA) is 32.7 Å². The normalized spacial score (nSPS) is 13.9. The Morgan fingerprint density at radius 3 is 2.50 bits per heavy atom. The van der Waals surface area contributed by atoms with Crippen LogP contribution in [0.1, 0.15) is 13.3 Å². The molecule has 0 radical (unpaired) electrons. The van der Waals surface area contributed by atoms with Crippen molar-refractivity contribution in [1.82, 2.24) is 4.90 Å². The van der Waals surface area contributed by atoms with Crippen LogP contribution in [0.3, 0.4) is 0 Å². The summed E-state index contributed by atoms with van der Waals surface area (Å²) in [5.41, 5.74) is 0. The van der Waals surface area contributed by atoms with E-state index in [1.807, 2.05) is 6.92 Å². The number of aliphatic hydroxyl groups excluding tert-OH is 1. The molecular weight excluding hydrogens is 192 g/mol. The maximum absolute atomic E-state index is 12.1. The molecule has 0 spiro atoms. The number of alkyl halides is 2. The van der Waals surface area contributed by atoms with Gasteiger partial charge < -0.3 is 9.84 Å². The van der Waals surface area contributed by atoms with Gasteiger partial charge in [-0.15, -0.1) is 0 Å². The second-order valence-electron chi connectivity index (χ2n) is 3.24. The van der Waals surface area contributed by atoms with Gasteiger partial charge in [0.25, 0.3) is 6.43 Å². The van der Waals surface area contributed by atoms with Gasteiger partial charge in [0, 0.05) is 26.3 Å². The first-order valence-electron chi connectivity index (χ1n) is 4.73. The quantitative estimate of drug-likeness (QED) is 0.649. The number of hydrogen-bond acceptors (Lipinski definition) is 3. The van der Waals surface area contributed by atoms with E-state index in [4.69, 9.17) is 9.84 Å². The van der Waals surface area contributed by atoms with Crippen molar-refractivity contribution in [3.05, 3.63) is 0 Å². The molecule has 0 saturated carbocycles. The summed E-state index contributed by atoms with van der Waals surface area (Å²) in [5.74, 6) is 0. The van der Waals surface area contributed by atoms with Crippen LogP contribution in [0, 0.1) is 0 Å². The molecule has 86 valence electrons. The minimum atomic E-state index is -2.36. The Labute approximate surface area is 83.7 Å². The Bertz CT molecular complexity index is 136. The highest BCUT2D eigenvalue weighted by Crippen LogP contribution is 2.06. The highest BCUT2D eigenvalue weighted by Gasteiger charge is 2.17. The Morgan fingerprint density at radius 1 is 1.43 bits per heavy atom. The number of rotatable bonds is 8. The van der Waals surface area contributed by atoms with Crippen molar-refractivity contribution in [3.63, 3.8) is 0 Å². The Balaban J connectivity index is 3.90. The van der Waals surface area contributed by atoms with Crippen LogP contribution in [0.4, 0.5) is 8.78 Å². The number of aliphatic hydroxyl groups is 1. The largest absolute Gasteiger partial charge is 0.395 e. The summed E-state index contributed by atoms with van der Waals surface area (Å²) >= 11 is 0. The number of ether oxygens (including phenoxy) is 1. The third kappa shape index (κ3) is 6.23. The van der Waals surface area contributed by atoms with Crippen LogP contribution in [0.2, 0.25) is 0 Å². The van der Waals surface area contributed by atoms with Crippen LogP contribution < -0.4 is 0 Å². The standard InChI is InChI=1S/C9H19F2NO2/c1-8(3-6-14-2)12(4-5-13)7-9(10)11/h8-9,13H,3-7H2,1-2H3. The number of hydrogen-bond donors (Lipinski definition) is 1. The zero-order valence-electron chi connectivity index (χ0n) is 8.75. The van der Waals surface area contributed by atoms with E-state index in [0.717, 1.165) is 0 Å². The maximum atomic E-state index is 12.1. The summed E-state index contributed by atoms with van der Waals surface area (Å²) in [6.07, 6.45) is -1.66. The highest BCUT2D eigenvalue weighted by molar-refractivity contribution is 4.67. The summed E-state index contributed by atoms with van der Waals surface area (Å²) in [5, 5.41) is 8.71. The van der Waals surface area contributed by atoms with E-state index in [1.54, 1.807) is 12.0 Å². The van der Waals surface area contributed by atoms with Crippen molar-refractivity contribution in [1.29, 1.82) is 0 Å². The van der Waals surface area contributed by atoms with Crippen LogP contribution in [0.25, 0.3) is 0 Å². The van der Waals surface area contributed by atoms with Crippen molar-refractivity contribution in [3.8, 4) is 0 Å². The Kier molecular flexibility index (Phi) is 7.93. The Morgan fingerprint density at radius 2 is 2.07 bits per heavy atom. The van der Waals surface area contributed by atoms with E-state index in [2.05, 4.69) is 0 Å². The molecule has 0 bridgehead atoms. The molecule has 0 amide bonds. The van der Waals surface area contributed by atoms with Gasteiger partial charge in [0.2, 0.25) is 0 Å². The molecule has 0 aromatic carbocycles. The molecule has 14 heavy (non-hydrogen) atoms. The molecule has 0 aliphatic rings. The summed E-state index contributed by atoms with van der Waals surface area (Å²) in [7, 11) is 1.58. The summed E-state index contributed by atoms with van der Waals surface area (Å²) in [6, 6.07) is 0.0103. The van der Waals surface area contributed by atoms with Gasteiger partial charge in [-0.2, -0.15) is 0 Å². The van der Waals surface area contributed by atoms with Gasteiger partial charge in [-0.05, 0) is 13.3 Å². The molecule has 0 heterocycles. The molecular formula is C9H19F2NO2. The fourth-order valence-corrected chi connectivity index (χ4v) is 1.27. The molecule has 0 aliphatic carbocycles. The third-order valence-corrected chi connectivity index (χ3v) is 2.12. The molecule has 1 N–H and O–H groups in total. The lowest BCUT2D eigenvalue weighted by molar-refractivity contribution is 0.0488. The molecule has 1 unspecified atom stereocenters. The monoisotopic (exact) mass is 211 g/mol. The summed E-state index contributed by atoms with van der Waals surface area (Å²) < 4.78 is 29.1. The van der Waals surface area contributed by atoms with E-state index in [1.165, 1.54) is 0 Å². The smallest absolute Gasteiger partial charge is 0.251 e. The summed E-state index contributed by atoms with van der Waals surface area (Å²) in [6.45, 7) is 2.31. The fraction of sp³-hybridized carbons (Fsp3) is 1.00. The molecule has 0 aromatic heterocycles. The lowest BCUT2D eigenvalue weighted by Gasteiger charge is -2.27. The minimum Gasteiger partial charge on any atom is -0.395 e. The summed E-state index contributed by atoms with van der Waals surface area (Å²) in [4.78, 5) is 1.57. The second kappa shape index (κ2) is 8.08. The van der Waals surface area contributed by atoms with Crippen LogP contribution in [0.5, 0.6) is 0 Å². The third-order valence-electron chi connectivity index (χ3n) is 2.12. The van der Waals surface area contributed by atoms with Gasteiger partial charge in [-0.1, -0.05) is 0 Å². The van der Waals surface area contributed by atoms with E-state index in [9.17, 15) is 8.78 Å². The van der Waals surface area contributed by atoms with Gasteiger partial charge in [0.15, 0.2) is 0 Å². The predicted molar refractivity (Wildman–Crippen MR) is 50.6 cm³/mol. The van der Waals surface area contributed by atoms with Crippen LogP contribution in [-0.4, -0.2) is 55.9 Å². The average Bonchev–Trinajstić information content (AvgIpc) is 2.13. The van der Waals surface area contributed by atoms with Crippen molar-refractivity contribution in [2.45, 2.75) is 25.8 Å². The van der Waals surface area contributed by atoms with Gasteiger partial charge in [-0.25, -0.2) is 8.78 Å². The van der Waals surface area contributed by atoms with Gasteiger partial charge in [0.05, 0.1) is 13.2 Å². The zero-order chi connectivity index (χ0) is 11.0. The van der Waals surface area contributed by atoms with Crippen LogP contribution in [-0.2, 0) is 4.74 Å². The van der Waals surface area contributed by atoms with E-state index in [0.29, 0.717) is 13.0 Å². The first-order valence-corrected chi connectivity index (χ1v) is 4.73. The highest BCUT2D eigenvalue weighted by atomic mass is 19.3. The number of nitrogens with zero attached hydrogens (tertiary/aromatic N) is 1. The molecule has 0 aliphatic heterocycles. The maximum Gasteiger partial charge on any atom is 0.251 e. The minimum absolute atomic E-state index is 0.0103. The van der Waals surface area contributed by atoms with E-state index in [-0.39, 0.29) is 25.7 Å². The van der Waals surface area contributed by atoms with Crippen LogP contribution in [0.15, 0.2) is 0 Å². The van der Waals surface area contributed by atoms with E-state index >= 15 is 0 Å². The van der Waals surface area contributed by atoms with Crippen molar-refractivity contribution in [2.24, 2.45) is 0 Å². The lowest BCUT2D eigenvalue weighted by Crippen LogP contribution is -2.39. The molecule has 1 atom stereocenters. The fourth-order valence-electron chi connectivity index (χ4n) is 1.27. The molecule has 3 nitrogen and oxygen atoms in total. The molecule has 0 aromatic rings. The van der Waals surface area contributed by atoms with E-state index < -0.39 is 6.43 Å². The molecule has 5 heteroatoms. The van der Waals surface area contributed by atoms with Crippen molar-refractivity contribution < 1.29 is 18.6 Å². The average molecular weight is 211 g/mol. The zero-order valence-corrected chi connectivity index (χ0v) is 8.75. The molecule has 0 saturated heterocycles. The van der Waals surface area contributed by atoms with Gasteiger partial charge >= 0.3 is 0 Å². The molecule has 0 fully saturated rings. The lowest BCUT2D eigenvalue weighted by atomic mass is 10.2. The molecule has 0 rings (SSSR count). The van der Waals surface area contributed by atoms with Gasteiger partial charge in [0.1, 0.15) is 0 Å². The first kappa shape index (κ1) is 13.7. The number of halogens is 2. The van der Waals surface area contributed by atoms with Gasteiger partial charge in [-0.3, -0.25) is 4.90 Å². The first-order chi connectivity index (χ1) is 6.61. The number of methoxy groups -OCH3 is 1. The van der Waals surface area contributed by atoms with Crippen molar-refractivity contribution >= 4 is 0 Å². The van der Waals surface area contributed by atoms with Crippen molar-refractivity contribution in [2.75, 3.05) is 33.4 Å². The Hall–Kier alpha value is -0.260. The predicted octanol–water partition coefficient (Wildman–Crippen LogP) is 0.971. The SMILES string of the molecule is COCCC(C)N(CCO)CC(F)F. The second-order valence-corrected chi connectivity index (χ2v) is 3.24. The van der Waals surface area contributed by atoms with Crippen LogP contribution >= 0.6 is 0 Å².